The minimum Gasteiger partial charge on any atom is -0.478 e. The van der Waals surface area contributed by atoms with E-state index < -0.39 is 5.97 Å². The van der Waals surface area contributed by atoms with Crippen LogP contribution in [0.25, 0.3) is 21.9 Å². The molecule has 4 aromatic carbocycles. The van der Waals surface area contributed by atoms with E-state index in [1.807, 2.05) is 49.4 Å². The first kappa shape index (κ1) is 21.1. The Kier molecular flexibility index (Phi) is 6.36. The minimum absolute atomic E-state index is 0.339. The third-order valence-electron chi connectivity index (χ3n) is 5.51. The van der Waals surface area contributed by atoms with Gasteiger partial charge < -0.3 is 10.4 Å². The standard InChI is InChI=1S/C27H24ClNO2/c1-18-9-10-22(16-25(18)27(30)31)26-15-20(13-21-6-2-3-8-24(21)26)17-29-12-11-19-5-4-7-23(28)14-19/h2-10,13-16,29H,11-12,17H2,1H3,(H,30,31). The van der Waals surface area contributed by atoms with Gasteiger partial charge in [-0.1, -0.05) is 60.1 Å². The van der Waals surface area contributed by atoms with Crippen molar-refractivity contribution in [1.82, 2.24) is 5.32 Å². The van der Waals surface area contributed by atoms with Gasteiger partial charge in [-0.2, -0.15) is 0 Å². The lowest BCUT2D eigenvalue weighted by Crippen LogP contribution is -2.16. The SMILES string of the molecule is Cc1ccc(-c2cc(CNCCc3cccc(Cl)c3)cc3ccccc23)cc1C(=O)O. The predicted molar refractivity (Wildman–Crippen MR) is 128 cm³/mol. The van der Waals surface area contributed by atoms with Crippen LogP contribution in [0, 0.1) is 6.92 Å². The molecule has 0 aliphatic rings. The average Bonchev–Trinajstić information content (AvgIpc) is 2.76. The molecule has 0 atom stereocenters. The summed E-state index contributed by atoms with van der Waals surface area (Å²) in [4.78, 5) is 11.6. The van der Waals surface area contributed by atoms with Crippen molar-refractivity contribution in [2.24, 2.45) is 0 Å². The van der Waals surface area contributed by atoms with Gasteiger partial charge in [0.15, 0.2) is 0 Å². The number of benzene rings is 4. The van der Waals surface area contributed by atoms with Crippen LogP contribution in [-0.4, -0.2) is 17.6 Å². The Balaban J connectivity index is 1.59. The molecule has 4 aromatic rings. The second kappa shape index (κ2) is 9.34. The smallest absolute Gasteiger partial charge is 0.335 e. The Labute approximate surface area is 187 Å². The number of rotatable bonds is 7. The van der Waals surface area contributed by atoms with Gasteiger partial charge in [0.25, 0.3) is 0 Å². The van der Waals surface area contributed by atoms with Crippen LogP contribution in [-0.2, 0) is 13.0 Å². The third-order valence-corrected chi connectivity index (χ3v) is 5.74. The van der Waals surface area contributed by atoms with E-state index in [1.54, 1.807) is 6.07 Å². The van der Waals surface area contributed by atoms with Crippen LogP contribution < -0.4 is 5.32 Å². The second-order valence-electron chi connectivity index (χ2n) is 7.76. The highest BCUT2D eigenvalue weighted by Crippen LogP contribution is 2.31. The van der Waals surface area contributed by atoms with E-state index in [1.165, 1.54) is 5.56 Å². The Morgan fingerprint density at radius 2 is 1.77 bits per heavy atom. The van der Waals surface area contributed by atoms with Crippen LogP contribution in [0.15, 0.2) is 78.9 Å². The fraction of sp³-hybridized carbons (Fsp3) is 0.148. The van der Waals surface area contributed by atoms with Crippen molar-refractivity contribution in [1.29, 1.82) is 0 Å². The highest BCUT2D eigenvalue weighted by molar-refractivity contribution is 6.30. The average molecular weight is 430 g/mol. The van der Waals surface area contributed by atoms with Crippen LogP contribution in [0.2, 0.25) is 5.02 Å². The molecular weight excluding hydrogens is 406 g/mol. The van der Waals surface area contributed by atoms with Gasteiger partial charge in [0.1, 0.15) is 0 Å². The van der Waals surface area contributed by atoms with Gasteiger partial charge in [0.05, 0.1) is 5.56 Å². The Hall–Kier alpha value is -3.14. The fourth-order valence-corrected chi connectivity index (χ4v) is 4.10. The number of carbonyl (C=O) groups is 1. The van der Waals surface area contributed by atoms with Crippen LogP contribution in [0.4, 0.5) is 0 Å². The van der Waals surface area contributed by atoms with Gasteiger partial charge in [0.2, 0.25) is 0 Å². The molecule has 0 spiro atoms. The maximum atomic E-state index is 11.6. The number of nitrogens with one attached hydrogen (secondary N) is 1. The van der Waals surface area contributed by atoms with Gasteiger partial charge in [0, 0.05) is 11.6 Å². The van der Waals surface area contributed by atoms with E-state index >= 15 is 0 Å². The zero-order chi connectivity index (χ0) is 21.8. The quantitative estimate of drug-likeness (QED) is 0.330. The van der Waals surface area contributed by atoms with Gasteiger partial charge in [-0.25, -0.2) is 4.79 Å². The van der Waals surface area contributed by atoms with Gasteiger partial charge >= 0.3 is 5.97 Å². The van der Waals surface area contributed by atoms with Crippen molar-refractivity contribution >= 4 is 28.3 Å². The molecule has 0 aliphatic carbocycles. The van der Waals surface area contributed by atoms with Crippen LogP contribution in [0.5, 0.6) is 0 Å². The molecule has 0 unspecified atom stereocenters. The molecule has 4 heteroatoms. The zero-order valence-electron chi connectivity index (χ0n) is 17.4. The summed E-state index contributed by atoms with van der Waals surface area (Å²) < 4.78 is 0. The normalized spacial score (nSPS) is 11.0. The number of fused-ring (bicyclic) bond motifs is 1. The summed E-state index contributed by atoms with van der Waals surface area (Å²) in [5.41, 5.74) is 5.44. The molecule has 0 amide bonds. The van der Waals surface area contributed by atoms with Crippen LogP contribution in [0.1, 0.15) is 27.0 Å². The van der Waals surface area contributed by atoms with Crippen molar-refractivity contribution in [2.45, 2.75) is 19.9 Å². The monoisotopic (exact) mass is 429 g/mol. The number of hydrogen-bond donors (Lipinski definition) is 2. The predicted octanol–water partition coefficient (Wildman–Crippen LogP) is 6.50. The van der Waals surface area contributed by atoms with Crippen molar-refractivity contribution in [3.05, 3.63) is 106 Å². The first-order chi connectivity index (χ1) is 15.0. The first-order valence-electron chi connectivity index (χ1n) is 10.3. The second-order valence-corrected chi connectivity index (χ2v) is 8.19. The zero-order valence-corrected chi connectivity index (χ0v) is 18.1. The Morgan fingerprint density at radius 1 is 0.935 bits per heavy atom. The number of hydrogen-bond acceptors (Lipinski definition) is 2. The van der Waals surface area contributed by atoms with E-state index in [-0.39, 0.29) is 0 Å². The molecule has 0 saturated heterocycles. The van der Waals surface area contributed by atoms with E-state index in [9.17, 15) is 9.90 Å². The summed E-state index contributed by atoms with van der Waals surface area (Å²) >= 11 is 6.07. The molecule has 0 aromatic heterocycles. The van der Waals surface area contributed by atoms with E-state index in [0.717, 1.165) is 57.6 Å². The van der Waals surface area contributed by atoms with Crippen molar-refractivity contribution < 1.29 is 9.90 Å². The number of carboxylic acid groups (broad SMARTS) is 1. The number of carboxylic acids is 1. The molecule has 31 heavy (non-hydrogen) atoms. The van der Waals surface area contributed by atoms with Gasteiger partial charge in [-0.15, -0.1) is 0 Å². The summed E-state index contributed by atoms with van der Waals surface area (Å²) in [7, 11) is 0. The molecule has 0 radical (unpaired) electrons. The summed E-state index contributed by atoms with van der Waals surface area (Å²) in [5.74, 6) is -0.900. The van der Waals surface area contributed by atoms with E-state index in [0.29, 0.717) is 5.56 Å². The molecular formula is C27H24ClNO2. The molecule has 4 rings (SSSR count). The molecule has 3 nitrogen and oxygen atoms in total. The molecule has 0 bridgehead atoms. The number of halogens is 1. The number of aromatic carboxylic acids is 1. The van der Waals surface area contributed by atoms with Crippen molar-refractivity contribution in [3.63, 3.8) is 0 Å². The maximum absolute atomic E-state index is 11.6. The molecule has 0 heterocycles. The molecule has 0 saturated carbocycles. The molecule has 0 fully saturated rings. The third kappa shape index (κ3) is 4.96. The summed E-state index contributed by atoms with van der Waals surface area (Å²) in [6.45, 7) is 3.40. The van der Waals surface area contributed by atoms with Crippen LogP contribution >= 0.6 is 11.6 Å². The van der Waals surface area contributed by atoms with Gasteiger partial charge in [-0.05, 0) is 88.8 Å². The topological polar surface area (TPSA) is 49.3 Å². The lowest BCUT2D eigenvalue weighted by molar-refractivity contribution is 0.0696. The molecule has 2 N–H and O–H groups in total. The van der Waals surface area contributed by atoms with Crippen LogP contribution in [0.3, 0.4) is 0 Å². The number of aryl methyl sites for hydroxylation is 1. The Morgan fingerprint density at radius 3 is 2.58 bits per heavy atom. The van der Waals surface area contributed by atoms with Gasteiger partial charge in [-0.3, -0.25) is 0 Å². The molecule has 156 valence electrons. The van der Waals surface area contributed by atoms with Crippen molar-refractivity contribution in [3.8, 4) is 11.1 Å². The molecule has 0 aliphatic heterocycles. The van der Waals surface area contributed by atoms with E-state index in [4.69, 9.17) is 11.6 Å². The maximum Gasteiger partial charge on any atom is 0.335 e. The summed E-state index contributed by atoms with van der Waals surface area (Å²) in [6.07, 6.45) is 0.904. The lowest BCUT2D eigenvalue weighted by Gasteiger charge is -2.13. The fourth-order valence-electron chi connectivity index (χ4n) is 3.89. The van der Waals surface area contributed by atoms with E-state index in [2.05, 4.69) is 35.6 Å². The highest BCUT2D eigenvalue weighted by atomic mass is 35.5. The first-order valence-corrected chi connectivity index (χ1v) is 10.7. The largest absolute Gasteiger partial charge is 0.478 e. The highest BCUT2D eigenvalue weighted by Gasteiger charge is 2.12. The summed E-state index contributed by atoms with van der Waals surface area (Å²) in [5, 5.41) is 16.1. The van der Waals surface area contributed by atoms with Crippen molar-refractivity contribution in [2.75, 3.05) is 6.54 Å². The minimum atomic E-state index is -0.900. The Bertz CT molecular complexity index is 1250. The summed E-state index contributed by atoms with van der Waals surface area (Å²) in [6, 6.07) is 26.2. The lowest BCUT2D eigenvalue weighted by atomic mass is 9.93.